The lowest BCUT2D eigenvalue weighted by molar-refractivity contribution is 0.415. The van der Waals surface area contributed by atoms with Crippen LogP contribution in [0.5, 0.6) is 11.5 Å². The summed E-state index contributed by atoms with van der Waals surface area (Å²) in [6.07, 6.45) is 0. The molecule has 1 aliphatic heterocycles. The Morgan fingerprint density at radius 2 is 1.83 bits per heavy atom. The molecule has 23 heavy (non-hydrogen) atoms. The number of hydrazone groups is 1. The molecule has 2 aromatic carbocycles. The van der Waals surface area contributed by atoms with Crippen molar-refractivity contribution in [2.45, 2.75) is 0 Å². The second-order valence-electron chi connectivity index (χ2n) is 4.78. The van der Waals surface area contributed by atoms with Crippen LogP contribution in [0.4, 0.5) is 5.69 Å². The summed E-state index contributed by atoms with van der Waals surface area (Å²) in [6, 6.07) is 15.5. The molecule has 0 radical (unpaired) electrons. The van der Waals surface area contributed by atoms with E-state index < -0.39 is 0 Å². The van der Waals surface area contributed by atoms with Gasteiger partial charge in [0.1, 0.15) is 17.2 Å². The topological polar surface area (TPSA) is 55.2 Å². The van der Waals surface area contributed by atoms with Crippen LogP contribution in [0.15, 0.2) is 58.6 Å². The Balaban J connectivity index is 1.75. The number of aliphatic imine (C=N–C) groups is 1. The molecule has 1 aliphatic rings. The second kappa shape index (κ2) is 7.19. The summed E-state index contributed by atoms with van der Waals surface area (Å²) >= 11 is 1.61. The van der Waals surface area contributed by atoms with Crippen molar-refractivity contribution < 1.29 is 9.47 Å². The van der Waals surface area contributed by atoms with Gasteiger partial charge in [-0.05, 0) is 42.0 Å². The first kappa shape index (κ1) is 15.4. The summed E-state index contributed by atoms with van der Waals surface area (Å²) < 4.78 is 10.5. The molecule has 0 aromatic heterocycles. The highest BCUT2D eigenvalue weighted by molar-refractivity contribution is 8.14. The van der Waals surface area contributed by atoms with Crippen LogP contribution in [0, 0.1) is 0 Å². The van der Waals surface area contributed by atoms with Gasteiger partial charge in [0.05, 0.1) is 19.9 Å². The van der Waals surface area contributed by atoms with Crippen molar-refractivity contribution in [3.63, 3.8) is 0 Å². The quantitative estimate of drug-likeness (QED) is 0.935. The van der Waals surface area contributed by atoms with Crippen LogP contribution in [0.2, 0.25) is 0 Å². The van der Waals surface area contributed by atoms with E-state index in [0.29, 0.717) is 0 Å². The molecule has 2 aromatic rings. The maximum absolute atomic E-state index is 5.31. The van der Waals surface area contributed by atoms with Crippen LogP contribution in [0.1, 0.15) is 5.56 Å². The Morgan fingerprint density at radius 3 is 2.48 bits per heavy atom. The van der Waals surface area contributed by atoms with Gasteiger partial charge in [0, 0.05) is 5.75 Å². The van der Waals surface area contributed by atoms with Gasteiger partial charge in [-0.25, -0.2) is 4.99 Å². The zero-order valence-electron chi connectivity index (χ0n) is 12.9. The average Bonchev–Trinajstić information content (AvgIpc) is 2.63. The van der Waals surface area contributed by atoms with E-state index in [0.717, 1.165) is 39.4 Å². The summed E-state index contributed by atoms with van der Waals surface area (Å²) in [5, 5.41) is 5.18. The van der Waals surface area contributed by atoms with E-state index in [4.69, 9.17) is 9.47 Å². The Labute approximate surface area is 139 Å². The number of benzene rings is 2. The van der Waals surface area contributed by atoms with Crippen molar-refractivity contribution in [1.82, 2.24) is 5.43 Å². The SMILES string of the molecule is COc1ccc(C2=NNC(=Nc3ccccc3OC)SC2)cc1. The fourth-order valence-electron chi connectivity index (χ4n) is 2.14. The lowest BCUT2D eigenvalue weighted by atomic mass is 10.1. The third kappa shape index (κ3) is 3.65. The summed E-state index contributed by atoms with van der Waals surface area (Å²) in [5.41, 5.74) is 5.85. The molecule has 5 nitrogen and oxygen atoms in total. The van der Waals surface area contributed by atoms with Crippen molar-refractivity contribution in [1.29, 1.82) is 0 Å². The summed E-state index contributed by atoms with van der Waals surface area (Å²) in [5.74, 6) is 2.34. The van der Waals surface area contributed by atoms with E-state index in [1.165, 1.54) is 0 Å². The molecule has 6 heteroatoms. The Bertz CT molecular complexity index is 742. The number of amidine groups is 1. The molecule has 0 unspecified atom stereocenters. The number of hydrogen-bond acceptors (Lipinski definition) is 5. The van der Waals surface area contributed by atoms with Gasteiger partial charge in [0.15, 0.2) is 5.17 Å². The van der Waals surface area contributed by atoms with Gasteiger partial charge in [0.2, 0.25) is 0 Å². The van der Waals surface area contributed by atoms with Gasteiger partial charge in [-0.1, -0.05) is 23.9 Å². The maximum Gasteiger partial charge on any atom is 0.182 e. The number of hydrogen-bond donors (Lipinski definition) is 1. The number of thioether (sulfide) groups is 1. The van der Waals surface area contributed by atoms with Crippen LogP contribution in [0.3, 0.4) is 0 Å². The highest BCUT2D eigenvalue weighted by Crippen LogP contribution is 2.28. The highest BCUT2D eigenvalue weighted by Gasteiger charge is 2.14. The summed E-state index contributed by atoms with van der Waals surface area (Å²) in [7, 11) is 3.30. The zero-order chi connectivity index (χ0) is 16.1. The number of ether oxygens (including phenoxy) is 2. The minimum Gasteiger partial charge on any atom is -0.497 e. The first-order chi connectivity index (χ1) is 11.3. The van der Waals surface area contributed by atoms with Crippen molar-refractivity contribution in [2.75, 3.05) is 20.0 Å². The third-order valence-electron chi connectivity index (χ3n) is 3.36. The average molecular weight is 327 g/mol. The minimum absolute atomic E-state index is 0.743. The lowest BCUT2D eigenvalue weighted by Gasteiger charge is -2.15. The molecule has 0 bridgehead atoms. The summed E-state index contributed by atoms with van der Waals surface area (Å²) in [4.78, 5) is 4.56. The van der Waals surface area contributed by atoms with Crippen molar-refractivity contribution in [3.8, 4) is 11.5 Å². The lowest BCUT2D eigenvalue weighted by Crippen LogP contribution is -2.25. The maximum atomic E-state index is 5.31. The van der Waals surface area contributed by atoms with Crippen molar-refractivity contribution in [2.24, 2.45) is 10.1 Å². The molecule has 118 valence electrons. The van der Waals surface area contributed by atoms with Crippen LogP contribution in [0.25, 0.3) is 0 Å². The first-order valence-electron chi connectivity index (χ1n) is 7.11. The predicted molar refractivity (Wildman–Crippen MR) is 95.2 cm³/mol. The molecular formula is C17H17N3O2S. The zero-order valence-corrected chi connectivity index (χ0v) is 13.8. The Kier molecular flexibility index (Phi) is 4.83. The number of methoxy groups -OCH3 is 2. The third-order valence-corrected chi connectivity index (χ3v) is 4.24. The van der Waals surface area contributed by atoms with Gasteiger partial charge in [-0.15, -0.1) is 0 Å². The summed E-state index contributed by atoms with van der Waals surface area (Å²) in [6.45, 7) is 0. The van der Waals surface area contributed by atoms with Crippen LogP contribution in [-0.2, 0) is 0 Å². The molecule has 0 amide bonds. The predicted octanol–water partition coefficient (Wildman–Crippen LogP) is 3.43. The van der Waals surface area contributed by atoms with Gasteiger partial charge in [-0.3, -0.25) is 5.43 Å². The molecular weight excluding hydrogens is 310 g/mol. The van der Waals surface area contributed by atoms with Crippen LogP contribution < -0.4 is 14.9 Å². The molecule has 1 heterocycles. The van der Waals surface area contributed by atoms with E-state index in [2.05, 4.69) is 15.5 Å². The Hall–Kier alpha value is -2.47. The fourth-order valence-corrected chi connectivity index (χ4v) is 2.91. The molecule has 3 rings (SSSR count). The largest absolute Gasteiger partial charge is 0.497 e. The van der Waals surface area contributed by atoms with E-state index in [1.807, 2.05) is 48.5 Å². The van der Waals surface area contributed by atoms with Crippen molar-refractivity contribution in [3.05, 3.63) is 54.1 Å². The molecule has 0 saturated carbocycles. The van der Waals surface area contributed by atoms with Gasteiger partial charge in [0.25, 0.3) is 0 Å². The molecule has 0 aliphatic carbocycles. The number of para-hydroxylation sites is 2. The fraction of sp³-hybridized carbons (Fsp3) is 0.176. The number of rotatable bonds is 4. The smallest absolute Gasteiger partial charge is 0.182 e. The van der Waals surface area contributed by atoms with E-state index in [1.54, 1.807) is 26.0 Å². The molecule has 0 spiro atoms. The first-order valence-corrected chi connectivity index (χ1v) is 8.10. The normalized spacial score (nSPS) is 15.7. The monoisotopic (exact) mass is 327 g/mol. The number of nitrogens with zero attached hydrogens (tertiary/aromatic N) is 2. The van der Waals surface area contributed by atoms with Crippen LogP contribution in [-0.4, -0.2) is 30.9 Å². The number of nitrogens with one attached hydrogen (secondary N) is 1. The van der Waals surface area contributed by atoms with Crippen LogP contribution >= 0.6 is 11.8 Å². The second-order valence-corrected chi connectivity index (χ2v) is 5.74. The van der Waals surface area contributed by atoms with Gasteiger partial charge < -0.3 is 9.47 Å². The van der Waals surface area contributed by atoms with E-state index in [-0.39, 0.29) is 0 Å². The highest BCUT2D eigenvalue weighted by atomic mass is 32.2. The van der Waals surface area contributed by atoms with Crippen molar-refractivity contribution >= 4 is 28.3 Å². The van der Waals surface area contributed by atoms with Gasteiger partial charge >= 0.3 is 0 Å². The standard InChI is InChI=1S/C17H17N3O2S/c1-21-13-9-7-12(8-10-13)15-11-23-17(20-19-15)18-14-5-3-4-6-16(14)22-2/h3-10H,11H2,1-2H3,(H,18,20). The molecule has 0 atom stereocenters. The Morgan fingerprint density at radius 1 is 1.04 bits per heavy atom. The molecule has 0 saturated heterocycles. The molecule has 0 fully saturated rings. The molecule has 1 N–H and O–H groups in total. The minimum atomic E-state index is 0.743. The van der Waals surface area contributed by atoms with E-state index >= 15 is 0 Å². The van der Waals surface area contributed by atoms with E-state index in [9.17, 15) is 0 Å². The van der Waals surface area contributed by atoms with Gasteiger partial charge in [-0.2, -0.15) is 5.10 Å².